The SMILES string of the molecule is N=C/C(=C\[NH2+]c1ccc(C(F)(F)F)nc1)C(=O)Nc1ccc([C@H]2CNCCO2)c(F)c1. The average molecular weight is 438 g/mol. The number of alkyl halides is 3. The summed E-state index contributed by atoms with van der Waals surface area (Å²) in [5, 5.41) is 14.4. The maximum Gasteiger partial charge on any atom is 0.433 e. The first kappa shape index (κ1) is 22.5. The van der Waals surface area contributed by atoms with Gasteiger partial charge in [-0.2, -0.15) is 13.2 Å². The van der Waals surface area contributed by atoms with E-state index in [0.717, 1.165) is 24.5 Å². The number of carbonyl (C=O) groups is 1. The molecule has 1 saturated heterocycles. The van der Waals surface area contributed by atoms with Crippen LogP contribution in [-0.4, -0.2) is 36.8 Å². The molecule has 2 aromatic rings. The van der Waals surface area contributed by atoms with Crippen molar-refractivity contribution in [1.82, 2.24) is 10.3 Å². The highest BCUT2D eigenvalue weighted by Crippen LogP contribution is 2.27. The minimum absolute atomic E-state index is 0.0794. The van der Waals surface area contributed by atoms with Crippen molar-refractivity contribution in [2.75, 3.05) is 25.0 Å². The van der Waals surface area contributed by atoms with E-state index in [4.69, 9.17) is 10.1 Å². The number of amides is 1. The highest BCUT2D eigenvalue weighted by Gasteiger charge is 2.32. The molecule has 11 heteroatoms. The van der Waals surface area contributed by atoms with Gasteiger partial charge in [0.15, 0.2) is 5.69 Å². The monoisotopic (exact) mass is 438 g/mol. The van der Waals surface area contributed by atoms with E-state index in [2.05, 4.69) is 15.6 Å². The topological polar surface area (TPSA) is 104 Å². The first-order valence-electron chi connectivity index (χ1n) is 9.30. The van der Waals surface area contributed by atoms with Gasteiger partial charge in [0.25, 0.3) is 5.91 Å². The number of halogens is 4. The van der Waals surface area contributed by atoms with Gasteiger partial charge in [0.2, 0.25) is 0 Å². The van der Waals surface area contributed by atoms with Crippen molar-refractivity contribution < 1.29 is 32.4 Å². The van der Waals surface area contributed by atoms with Crippen molar-refractivity contribution >= 4 is 23.5 Å². The van der Waals surface area contributed by atoms with E-state index >= 15 is 0 Å². The highest BCUT2D eigenvalue weighted by molar-refractivity contribution is 6.16. The summed E-state index contributed by atoms with van der Waals surface area (Å²) >= 11 is 0. The molecule has 7 nitrogen and oxygen atoms in total. The molecule has 164 valence electrons. The molecule has 1 atom stereocenters. The Balaban J connectivity index is 1.65. The maximum atomic E-state index is 14.4. The van der Waals surface area contributed by atoms with Crippen molar-refractivity contribution in [3.05, 3.63) is 65.4 Å². The number of nitrogens with zero attached hydrogens (tertiary/aromatic N) is 1. The van der Waals surface area contributed by atoms with E-state index in [1.54, 1.807) is 0 Å². The van der Waals surface area contributed by atoms with Gasteiger partial charge in [0.05, 0.1) is 18.9 Å². The number of hydrogen-bond donors (Lipinski definition) is 4. The lowest BCUT2D eigenvalue weighted by Gasteiger charge is -2.24. The second-order valence-electron chi connectivity index (χ2n) is 6.66. The number of rotatable bonds is 6. The third-order valence-electron chi connectivity index (χ3n) is 4.48. The molecule has 31 heavy (non-hydrogen) atoms. The number of benzene rings is 1. The van der Waals surface area contributed by atoms with Gasteiger partial charge in [-0.3, -0.25) is 10.1 Å². The number of nitrogens with two attached hydrogens (primary N) is 1. The zero-order valence-electron chi connectivity index (χ0n) is 16.2. The number of quaternary nitrogens is 1. The zero-order valence-corrected chi connectivity index (χ0v) is 16.2. The van der Waals surface area contributed by atoms with Gasteiger partial charge in [-0.1, -0.05) is 6.07 Å². The Kier molecular flexibility index (Phi) is 7.10. The van der Waals surface area contributed by atoms with Crippen molar-refractivity contribution in [3.63, 3.8) is 0 Å². The fourth-order valence-electron chi connectivity index (χ4n) is 2.88. The summed E-state index contributed by atoms with van der Waals surface area (Å²) in [5.41, 5.74) is -0.227. The molecule has 1 aliphatic heterocycles. The lowest BCUT2D eigenvalue weighted by Crippen LogP contribution is -2.71. The Bertz CT molecular complexity index is 971. The molecular weight excluding hydrogens is 418 g/mol. The smallest absolute Gasteiger partial charge is 0.371 e. The van der Waals surface area contributed by atoms with Gasteiger partial charge >= 0.3 is 6.18 Å². The number of anilines is 1. The van der Waals surface area contributed by atoms with Crippen molar-refractivity contribution in [2.45, 2.75) is 12.3 Å². The van der Waals surface area contributed by atoms with E-state index in [1.165, 1.54) is 29.7 Å². The van der Waals surface area contributed by atoms with Crippen LogP contribution in [0.1, 0.15) is 17.4 Å². The van der Waals surface area contributed by atoms with Crippen LogP contribution in [-0.2, 0) is 15.7 Å². The number of morpholine rings is 1. The summed E-state index contributed by atoms with van der Waals surface area (Å²) in [6.45, 7) is 1.66. The van der Waals surface area contributed by atoms with Gasteiger partial charge in [0, 0.05) is 36.6 Å². The minimum Gasteiger partial charge on any atom is -0.371 e. The third kappa shape index (κ3) is 5.94. The van der Waals surface area contributed by atoms with Crippen LogP contribution in [0.3, 0.4) is 0 Å². The maximum absolute atomic E-state index is 14.4. The summed E-state index contributed by atoms with van der Waals surface area (Å²) in [6, 6.07) is 6.23. The average Bonchev–Trinajstić information content (AvgIpc) is 2.74. The summed E-state index contributed by atoms with van der Waals surface area (Å²) in [7, 11) is 0. The van der Waals surface area contributed by atoms with Crippen molar-refractivity contribution in [2.24, 2.45) is 0 Å². The second-order valence-corrected chi connectivity index (χ2v) is 6.66. The Morgan fingerprint density at radius 3 is 2.71 bits per heavy atom. The molecule has 0 bridgehead atoms. The Morgan fingerprint density at radius 1 is 1.32 bits per heavy atom. The third-order valence-corrected chi connectivity index (χ3v) is 4.48. The quantitative estimate of drug-likeness (QED) is 0.316. The molecule has 0 unspecified atom stereocenters. The van der Waals surface area contributed by atoms with E-state index in [-0.39, 0.29) is 11.3 Å². The predicted octanol–water partition coefficient (Wildman–Crippen LogP) is 2.27. The van der Waals surface area contributed by atoms with Crippen molar-refractivity contribution in [3.8, 4) is 0 Å². The Morgan fingerprint density at radius 2 is 2.13 bits per heavy atom. The van der Waals surface area contributed by atoms with Crippen LogP contribution in [0.2, 0.25) is 0 Å². The van der Waals surface area contributed by atoms with E-state index in [1.807, 2.05) is 0 Å². The van der Waals surface area contributed by atoms with E-state index < -0.39 is 29.7 Å². The number of nitrogens with one attached hydrogen (secondary N) is 3. The van der Waals surface area contributed by atoms with Crippen LogP contribution in [0, 0.1) is 11.2 Å². The molecule has 0 saturated carbocycles. The molecule has 1 aliphatic rings. The lowest BCUT2D eigenvalue weighted by atomic mass is 10.1. The Labute approximate surface area is 175 Å². The number of ether oxygens (including phenoxy) is 1. The molecule has 0 radical (unpaired) electrons. The number of aromatic nitrogens is 1. The first-order valence-corrected chi connectivity index (χ1v) is 9.30. The van der Waals surface area contributed by atoms with Crippen LogP contribution in [0.25, 0.3) is 0 Å². The summed E-state index contributed by atoms with van der Waals surface area (Å²) in [5.74, 6) is -1.21. The molecule has 5 N–H and O–H groups in total. The van der Waals surface area contributed by atoms with Crippen LogP contribution < -0.4 is 16.0 Å². The fraction of sp³-hybridized carbons (Fsp3) is 0.250. The molecule has 0 spiro atoms. The van der Waals surface area contributed by atoms with Crippen LogP contribution in [0.15, 0.2) is 48.3 Å². The molecule has 0 aliphatic carbocycles. The molecular formula is C20H20F4N5O2+. The molecule has 1 fully saturated rings. The Hall–Kier alpha value is -3.15. The van der Waals surface area contributed by atoms with Crippen LogP contribution in [0.4, 0.5) is 28.9 Å². The molecule has 1 aromatic heterocycles. The van der Waals surface area contributed by atoms with Gasteiger partial charge < -0.3 is 20.8 Å². The largest absolute Gasteiger partial charge is 0.433 e. The zero-order chi connectivity index (χ0) is 22.4. The highest BCUT2D eigenvalue weighted by atomic mass is 19.4. The number of hydrogen-bond acceptors (Lipinski definition) is 5. The lowest BCUT2D eigenvalue weighted by molar-refractivity contribution is -0.497. The van der Waals surface area contributed by atoms with Gasteiger partial charge in [0.1, 0.15) is 23.3 Å². The van der Waals surface area contributed by atoms with Gasteiger partial charge in [-0.15, -0.1) is 0 Å². The van der Waals surface area contributed by atoms with E-state index in [9.17, 15) is 22.4 Å². The van der Waals surface area contributed by atoms with Gasteiger partial charge in [-0.25, -0.2) is 9.37 Å². The van der Waals surface area contributed by atoms with Crippen LogP contribution >= 0.6 is 0 Å². The summed E-state index contributed by atoms with van der Waals surface area (Å²) in [4.78, 5) is 15.7. The minimum atomic E-state index is -4.54. The van der Waals surface area contributed by atoms with Crippen LogP contribution in [0.5, 0.6) is 0 Å². The first-order chi connectivity index (χ1) is 14.8. The summed E-state index contributed by atoms with van der Waals surface area (Å²) < 4.78 is 57.6. The van der Waals surface area contributed by atoms with Gasteiger partial charge in [-0.05, 0) is 18.2 Å². The number of pyridine rings is 1. The second kappa shape index (κ2) is 9.77. The normalized spacial score (nSPS) is 17.3. The molecule has 3 rings (SSSR count). The van der Waals surface area contributed by atoms with E-state index in [0.29, 0.717) is 30.9 Å². The standard InChI is InChI=1S/C20H19F4N5O2/c21-16-7-13(1-3-15(16)17-11-26-5-6-31-17)29-19(30)12(8-25)9-27-14-2-4-18(28-10-14)20(22,23)24/h1-4,7-10,17,25-27H,5-6,11H2,(H,29,30)/p+1/b12-9+,25-8?/t17-/m1/s1. The van der Waals surface area contributed by atoms with Crippen molar-refractivity contribution in [1.29, 1.82) is 5.41 Å². The number of carbonyl (C=O) groups excluding carboxylic acids is 1. The summed E-state index contributed by atoms with van der Waals surface area (Å²) in [6.07, 6.45) is -1.90. The molecule has 2 heterocycles. The fourth-order valence-corrected chi connectivity index (χ4v) is 2.88. The molecule has 1 aromatic carbocycles. The molecule has 1 amide bonds. The predicted molar refractivity (Wildman–Crippen MR) is 104 cm³/mol.